The van der Waals surface area contributed by atoms with Gasteiger partial charge in [0.25, 0.3) is 0 Å². The highest BCUT2D eigenvalue weighted by atomic mass is 79.9. The molecule has 0 aromatic heterocycles. The molecule has 1 N–H and O–H groups in total. The molecule has 0 aliphatic carbocycles. The van der Waals surface area contributed by atoms with Crippen molar-refractivity contribution in [2.24, 2.45) is 0 Å². The van der Waals surface area contributed by atoms with Crippen molar-refractivity contribution in [3.8, 4) is 0 Å². The lowest BCUT2D eigenvalue weighted by Crippen LogP contribution is -2.01. The van der Waals surface area contributed by atoms with Gasteiger partial charge in [-0.2, -0.15) is 0 Å². The highest BCUT2D eigenvalue weighted by Crippen LogP contribution is 2.13. The molecule has 0 atom stereocenters. The van der Waals surface area contributed by atoms with E-state index in [9.17, 15) is 4.79 Å². The highest BCUT2D eigenvalue weighted by Gasteiger charge is 2.05. The number of aliphatic carboxylic acids is 1. The first kappa shape index (κ1) is 17.7. The summed E-state index contributed by atoms with van der Waals surface area (Å²) in [6.07, 6.45) is 13.9. The SMILES string of the molecule is CCCCCCCCCCC/C(=C\CBr)C(=O)O. The Bertz CT molecular complexity index is 237. The molecule has 0 saturated heterocycles. The van der Waals surface area contributed by atoms with Crippen molar-refractivity contribution in [2.75, 3.05) is 5.33 Å². The minimum atomic E-state index is -0.769. The van der Waals surface area contributed by atoms with E-state index in [1.54, 1.807) is 6.08 Å². The van der Waals surface area contributed by atoms with Crippen LogP contribution in [0.25, 0.3) is 0 Å². The molecule has 0 aliphatic rings. The van der Waals surface area contributed by atoms with Gasteiger partial charge in [-0.1, -0.05) is 80.3 Å². The lowest BCUT2D eigenvalue weighted by molar-refractivity contribution is -0.132. The second kappa shape index (κ2) is 13.1. The van der Waals surface area contributed by atoms with Gasteiger partial charge in [0.1, 0.15) is 0 Å². The number of hydrogen-bond acceptors (Lipinski definition) is 1. The van der Waals surface area contributed by atoms with Gasteiger partial charge >= 0.3 is 5.97 Å². The van der Waals surface area contributed by atoms with Crippen LogP contribution in [0.4, 0.5) is 0 Å². The quantitative estimate of drug-likeness (QED) is 0.300. The van der Waals surface area contributed by atoms with E-state index in [4.69, 9.17) is 5.11 Å². The lowest BCUT2D eigenvalue weighted by Gasteiger charge is -2.03. The van der Waals surface area contributed by atoms with E-state index >= 15 is 0 Å². The molecule has 0 aliphatic heterocycles. The molecule has 0 amide bonds. The Balaban J connectivity index is 3.39. The van der Waals surface area contributed by atoms with Gasteiger partial charge in [0.05, 0.1) is 0 Å². The van der Waals surface area contributed by atoms with Crippen LogP contribution in [-0.2, 0) is 4.79 Å². The van der Waals surface area contributed by atoms with Crippen molar-refractivity contribution < 1.29 is 9.90 Å². The van der Waals surface area contributed by atoms with Crippen LogP contribution in [0.15, 0.2) is 11.6 Å². The van der Waals surface area contributed by atoms with E-state index in [0.717, 1.165) is 12.8 Å². The fourth-order valence-corrected chi connectivity index (χ4v) is 2.41. The van der Waals surface area contributed by atoms with Gasteiger partial charge in [-0.05, 0) is 12.8 Å². The van der Waals surface area contributed by atoms with E-state index in [1.165, 1.54) is 44.9 Å². The maximum absolute atomic E-state index is 10.9. The zero-order valence-electron chi connectivity index (χ0n) is 11.6. The molecule has 0 heterocycles. The average molecular weight is 319 g/mol. The van der Waals surface area contributed by atoms with E-state index in [2.05, 4.69) is 22.9 Å². The molecular weight excluding hydrogens is 292 g/mol. The third kappa shape index (κ3) is 10.8. The molecule has 0 spiro atoms. The van der Waals surface area contributed by atoms with Crippen LogP contribution in [-0.4, -0.2) is 16.4 Å². The third-order valence-electron chi connectivity index (χ3n) is 3.15. The van der Waals surface area contributed by atoms with Crippen LogP contribution in [0.3, 0.4) is 0 Å². The summed E-state index contributed by atoms with van der Waals surface area (Å²) in [6.45, 7) is 2.24. The molecule has 18 heavy (non-hydrogen) atoms. The van der Waals surface area contributed by atoms with Crippen LogP contribution in [0.5, 0.6) is 0 Å². The number of unbranched alkanes of at least 4 members (excludes halogenated alkanes) is 8. The largest absolute Gasteiger partial charge is 0.478 e. The zero-order chi connectivity index (χ0) is 13.6. The first-order valence-corrected chi connectivity index (χ1v) is 8.32. The molecule has 2 nitrogen and oxygen atoms in total. The van der Waals surface area contributed by atoms with Gasteiger partial charge in [-0.25, -0.2) is 4.79 Å². The van der Waals surface area contributed by atoms with Gasteiger partial charge in [-0.3, -0.25) is 0 Å². The number of hydrogen-bond donors (Lipinski definition) is 1. The fraction of sp³-hybridized carbons (Fsp3) is 0.800. The first-order chi connectivity index (χ1) is 8.72. The number of carbonyl (C=O) groups is 1. The monoisotopic (exact) mass is 318 g/mol. The summed E-state index contributed by atoms with van der Waals surface area (Å²) in [4.78, 5) is 10.9. The van der Waals surface area contributed by atoms with E-state index in [1.807, 2.05) is 0 Å². The molecule has 0 aromatic rings. The van der Waals surface area contributed by atoms with E-state index < -0.39 is 5.97 Å². The Morgan fingerprint density at radius 1 is 1.00 bits per heavy atom. The molecule has 0 fully saturated rings. The van der Waals surface area contributed by atoms with Gasteiger partial charge in [0.2, 0.25) is 0 Å². The summed E-state index contributed by atoms with van der Waals surface area (Å²) in [7, 11) is 0. The summed E-state index contributed by atoms with van der Waals surface area (Å²) >= 11 is 3.24. The molecule has 3 heteroatoms. The number of carboxylic acid groups (broad SMARTS) is 1. The molecule has 0 bridgehead atoms. The smallest absolute Gasteiger partial charge is 0.331 e. The highest BCUT2D eigenvalue weighted by molar-refractivity contribution is 9.09. The number of alkyl halides is 1. The van der Waals surface area contributed by atoms with Crippen LogP contribution < -0.4 is 0 Å². The van der Waals surface area contributed by atoms with Gasteiger partial charge < -0.3 is 5.11 Å². The van der Waals surface area contributed by atoms with Crippen molar-refractivity contribution in [1.82, 2.24) is 0 Å². The topological polar surface area (TPSA) is 37.3 Å². The summed E-state index contributed by atoms with van der Waals surface area (Å²) in [5, 5.41) is 9.57. The molecule has 0 radical (unpaired) electrons. The van der Waals surface area contributed by atoms with Crippen molar-refractivity contribution in [3.05, 3.63) is 11.6 Å². The molecule has 0 aromatic carbocycles. The molecular formula is C15H27BrO2. The summed E-state index contributed by atoms with van der Waals surface area (Å²) in [5.41, 5.74) is 0.551. The van der Waals surface area contributed by atoms with Crippen molar-refractivity contribution in [2.45, 2.75) is 71.1 Å². The average Bonchev–Trinajstić information content (AvgIpc) is 2.35. The molecule has 0 saturated carbocycles. The van der Waals surface area contributed by atoms with E-state index in [0.29, 0.717) is 17.3 Å². The van der Waals surface area contributed by atoms with E-state index in [-0.39, 0.29) is 0 Å². The number of rotatable bonds is 12. The Kier molecular flexibility index (Phi) is 12.9. The first-order valence-electron chi connectivity index (χ1n) is 7.20. The second-order valence-electron chi connectivity index (χ2n) is 4.77. The zero-order valence-corrected chi connectivity index (χ0v) is 13.2. The Morgan fingerprint density at radius 2 is 1.50 bits per heavy atom. The summed E-state index contributed by atoms with van der Waals surface area (Å²) in [6, 6.07) is 0. The van der Waals surface area contributed by atoms with Crippen molar-refractivity contribution >= 4 is 21.9 Å². The Hall–Kier alpha value is -0.310. The molecule has 0 rings (SSSR count). The van der Waals surface area contributed by atoms with Crippen LogP contribution >= 0.6 is 15.9 Å². The lowest BCUT2D eigenvalue weighted by atomic mass is 10.0. The minimum Gasteiger partial charge on any atom is -0.478 e. The van der Waals surface area contributed by atoms with Gasteiger partial charge in [0.15, 0.2) is 0 Å². The third-order valence-corrected chi connectivity index (χ3v) is 3.47. The van der Waals surface area contributed by atoms with Crippen LogP contribution in [0, 0.1) is 0 Å². The number of halogens is 1. The number of allylic oxidation sites excluding steroid dienone is 1. The predicted octanol–water partition coefficient (Wildman–Crippen LogP) is 5.31. The predicted molar refractivity (Wildman–Crippen MR) is 81.4 cm³/mol. The standard InChI is InChI=1S/C15H27BrO2/c1-2-3-4-5-6-7-8-9-10-11-14(12-13-16)15(17)18/h12H,2-11,13H2,1H3,(H,17,18)/b14-12+. The molecule has 0 unspecified atom stereocenters. The second-order valence-corrected chi connectivity index (χ2v) is 5.41. The molecule has 106 valence electrons. The van der Waals surface area contributed by atoms with Crippen molar-refractivity contribution in [3.63, 3.8) is 0 Å². The van der Waals surface area contributed by atoms with Crippen molar-refractivity contribution in [1.29, 1.82) is 0 Å². The summed E-state index contributed by atoms with van der Waals surface area (Å²) < 4.78 is 0. The van der Waals surface area contributed by atoms with Gasteiger partial charge in [0, 0.05) is 10.9 Å². The fourth-order valence-electron chi connectivity index (χ4n) is 2.02. The van der Waals surface area contributed by atoms with Crippen LogP contribution in [0.2, 0.25) is 0 Å². The van der Waals surface area contributed by atoms with Gasteiger partial charge in [-0.15, -0.1) is 0 Å². The van der Waals surface area contributed by atoms with Crippen LogP contribution in [0.1, 0.15) is 71.1 Å². The Morgan fingerprint density at radius 3 is 1.94 bits per heavy atom. The summed E-state index contributed by atoms with van der Waals surface area (Å²) in [5.74, 6) is -0.769. The number of carboxylic acids is 1. The Labute approximate surface area is 120 Å². The maximum atomic E-state index is 10.9. The maximum Gasteiger partial charge on any atom is 0.331 e. The minimum absolute atomic E-state index is 0.551. The normalized spacial score (nSPS) is 11.8.